The molecule has 116 valence electrons. The second-order valence-electron chi connectivity index (χ2n) is 4.81. The van der Waals surface area contributed by atoms with E-state index in [0.717, 1.165) is 11.3 Å². The Morgan fingerprint density at radius 3 is 2.65 bits per heavy atom. The molecule has 1 aliphatic heterocycles. The van der Waals surface area contributed by atoms with Crippen molar-refractivity contribution in [1.29, 1.82) is 5.26 Å². The fourth-order valence-corrected chi connectivity index (χ4v) is 3.14. The third-order valence-electron chi connectivity index (χ3n) is 3.23. The summed E-state index contributed by atoms with van der Waals surface area (Å²) in [4.78, 5) is 11.9. The second kappa shape index (κ2) is 6.58. The molecule has 0 saturated heterocycles. The Kier molecular flexibility index (Phi) is 4.35. The predicted molar refractivity (Wildman–Crippen MR) is 84.0 cm³/mol. The van der Waals surface area contributed by atoms with Crippen molar-refractivity contribution in [1.82, 2.24) is 0 Å². The van der Waals surface area contributed by atoms with E-state index in [4.69, 9.17) is 14.7 Å². The predicted octanol–water partition coefficient (Wildman–Crippen LogP) is 3.78. The Bertz CT molecular complexity index is 801. The zero-order valence-electron chi connectivity index (χ0n) is 12.0. The number of nitro groups is 1. The smallest absolute Gasteiger partial charge is 0.283 e. The third kappa shape index (κ3) is 3.38. The van der Waals surface area contributed by atoms with E-state index in [0.29, 0.717) is 35.2 Å². The van der Waals surface area contributed by atoms with Gasteiger partial charge in [0.15, 0.2) is 11.5 Å². The van der Waals surface area contributed by atoms with Gasteiger partial charge in [0, 0.05) is 17.4 Å². The van der Waals surface area contributed by atoms with E-state index >= 15 is 0 Å². The maximum atomic E-state index is 11.2. The lowest BCUT2D eigenvalue weighted by Gasteiger charge is -2.09. The molecule has 6 nitrogen and oxygen atoms in total. The molecule has 0 unspecified atom stereocenters. The molecule has 23 heavy (non-hydrogen) atoms. The maximum absolute atomic E-state index is 11.2. The van der Waals surface area contributed by atoms with E-state index in [2.05, 4.69) is 0 Å². The van der Waals surface area contributed by atoms with Gasteiger partial charge in [-0.25, -0.2) is 0 Å². The van der Waals surface area contributed by atoms with E-state index in [9.17, 15) is 10.1 Å². The van der Waals surface area contributed by atoms with Crippen LogP contribution in [0.1, 0.15) is 12.0 Å². The van der Waals surface area contributed by atoms with E-state index < -0.39 is 4.92 Å². The van der Waals surface area contributed by atoms with Gasteiger partial charge in [-0.2, -0.15) is 5.26 Å². The SMILES string of the molecule is N#Cc1ccc([N+](=O)[O-])c(Sc2ccc3c(c2)OCCCO3)c1. The summed E-state index contributed by atoms with van der Waals surface area (Å²) in [5.74, 6) is 1.30. The summed E-state index contributed by atoms with van der Waals surface area (Å²) in [6.07, 6.45) is 0.812. The van der Waals surface area contributed by atoms with Gasteiger partial charge in [0.25, 0.3) is 5.69 Å². The van der Waals surface area contributed by atoms with Crippen molar-refractivity contribution in [3.63, 3.8) is 0 Å². The van der Waals surface area contributed by atoms with Crippen molar-refractivity contribution >= 4 is 17.4 Å². The van der Waals surface area contributed by atoms with E-state index in [1.54, 1.807) is 12.1 Å². The molecule has 0 radical (unpaired) electrons. The average molecular weight is 328 g/mol. The topological polar surface area (TPSA) is 85.4 Å². The van der Waals surface area contributed by atoms with Gasteiger partial charge in [0.05, 0.1) is 34.7 Å². The van der Waals surface area contributed by atoms with Gasteiger partial charge in [0.2, 0.25) is 0 Å². The van der Waals surface area contributed by atoms with Crippen LogP contribution in [-0.4, -0.2) is 18.1 Å². The quantitative estimate of drug-likeness (QED) is 0.629. The summed E-state index contributed by atoms with van der Waals surface area (Å²) in [5.41, 5.74) is 0.355. The number of nitro benzene ring substituents is 1. The first-order valence-electron chi connectivity index (χ1n) is 6.93. The molecular weight excluding hydrogens is 316 g/mol. The van der Waals surface area contributed by atoms with Crippen LogP contribution in [-0.2, 0) is 0 Å². The minimum absolute atomic E-state index is 0.0267. The molecule has 0 saturated carbocycles. The Hall–Kier alpha value is -2.72. The van der Waals surface area contributed by atoms with Crippen LogP contribution >= 0.6 is 11.8 Å². The highest BCUT2D eigenvalue weighted by atomic mass is 32.2. The molecule has 1 heterocycles. The van der Waals surface area contributed by atoms with Gasteiger partial charge in [-0.1, -0.05) is 11.8 Å². The van der Waals surface area contributed by atoms with Gasteiger partial charge >= 0.3 is 0 Å². The Labute approximate surface area is 136 Å². The monoisotopic (exact) mass is 328 g/mol. The van der Waals surface area contributed by atoms with Crippen molar-refractivity contribution in [3.05, 3.63) is 52.1 Å². The van der Waals surface area contributed by atoms with Crippen molar-refractivity contribution in [2.24, 2.45) is 0 Å². The molecule has 0 amide bonds. The van der Waals surface area contributed by atoms with Crippen LogP contribution in [0, 0.1) is 21.4 Å². The Morgan fingerprint density at radius 1 is 1.13 bits per heavy atom. The van der Waals surface area contributed by atoms with Crippen LogP contribution in [0.2, 0.25) is 0 Å². The lowest BCUT2D eigenvalue weighted by atomic mass is 10.2. The summed E-state index contributed by atoms with van der Waals surface area (Å²) >= 11 is 1.22. The number of nitrogens with zero attached hydrogens (tertiary/aromatic N) is 2. The van der Waals surface area contributed by atoms with Gasteiger partial charge in [-0.15, -0.1) is 0 Å². The van der Waals surface area contributed by atoms with Gasteiger partial charge in [-0.05, 0) is 30.3 Å². The second-order valence-corrected chi connectivity index (χ2v) is 5.93. The van der Waals surface area contributed by atoms with E-state index in [1.165, 1.54) is 30.0 Å². The lowest BCUT2D eigenvalue weighted by molar-refractivity contribution is -0.387. The number of benzene rings is 2. The highest BCUT2D eigenvalue weighted by Gasteiger charge is 2.17. The van der Waals surface area contributed by atoms with Crippen LogP contribution in [0.15, 0.2) is 46.2 Å². The molecule has 0 spiro atoms. The molecule has 0 aliphatic carbocycles. The maximum Gasteiger partial charge on any atom is 0.283 e. The lowest BCUT2D eigenvalue weighted by Crippen LogP contribution is -1.97. The normalized spacial score (nSPS) is 13.0. The summed E-state index contributed by atoms with van der Waals surface area (Å²) in [6, 6.07) is 11.7. The molecule has 0 N–H and O–H groups in total. The van der Waals surface area contributed by atoms with Crippen molar-refractivity contribution in [2.45, 2.75) is 16.2 Å². The van der Waals surface area contributed by atoms with E-state index in [1.807, 2.05) is 12.1 Å². The zero-order valence-corrected chi connectivity index (χ0v) is 12.8. The van der Waals surface area contributed by atoms with Crippen molar-refractivity contribution in [3.8, 4) is 17.6 Å². The molecule has 2 aromatic rings. The molecule has 0 fully saturated rings. The molecule has 3 rings (SSSR count). The molecular formula is C16H12N2O4S. The van der Waals surface area contributed by atoms with Crippen molar-refractivity contribution < 1.29 is 14.4 Å². The fourth-order valence-electron chi connectivity index (χ4n) is 2.15. The van der Waals surface area contributed by atoms with Crippen LogP contribution in [0.25, 0.3) is 0 Å². The van der Waals surface area contributed by atoms with Crippen molar-refractivity contribution in [2.75, 3.05) is 13.2 Å². The summed E-state index contributed by atoms with van der Waals surface area (Å²) in [7, 11) is 0. The number of rotatable bonds is 3. The fraction of sp³-hybridized carbons (Fsp3) is 0.188. The average Bonchev–Trinajstić information content (AvgIpc) is 2.79. The number of hydrogen-bond donors (Lipinski definition) is 0. The highest BCUT2D eigenvalue weighted by molar-refractivity contribution is 7.99. The van der Waals surface area contributed by atoms with Crippen LogP contribution < -0.4 is 9.47 Å². The zero-order chi connectivity index (χ0) is 16.2. The van der Waals surface area contributed by atoms with Crippen LogP contribution in [0.5, 0.6) is 11.5 Å². The Morgan fingerprint density at radius 2 is 1.91 bits per heavy atom. The minimum atomic E-state index is -0.452. The molecule has 0 atom stereocenters. The Balaban J connectivity index is 1.94. The minimum Gasteiger partial charge on any atom is -0.490 e. The molecule has 0 bridgehead atoms. The van der Waals surface area contributed by atoms with Gasteiger partial charge in [-0.3, -0.25) is 10.1 Å². The van der Waals surface area contributed by atoms with Crippen LogP contribution in [0.3, 0.4) is 0 Å². The standard InChI is InChI=1S/C16H12N2O4S/c17-10-11-2-4-13(18(19)20)16(8-11)23-12-3-5-14-15(9-12)22-7-1-6-21-14/h2-5,8-9H,1,6-7H2. The molecule has 7 heteroatoms. The number of fused-ring (bicyclic) bond motifs is 1. The summed E-state index contributed by atoms with van der Waals surface area (Å²) in [6.45, 7) is 1.18. The number of ether oxygens (including phenoxy) is 2. The van der Waals surface area contributed by atoms with Gasteiger partial charge in [0.1, 0.15) is 0 Å². The molecule has 1 aliphatic rings. The summed E-state index contributed by atoms with van der Waals surface area (Å²) in [5, 5.41) is 20.1. The first kappa shape index (κ1) is 15.2. The largest absolute Gasteiger partial charge is 0.490 e. The number of hydrogen-bond acceptors (Lipinski definition) is 6. The molecule has 2 aromatic carbocycles. The molecule has 0 aromatic heterocycles. The van der Waals surface area contributed by atoms with Crippen LogP contribution in [0.4, 0.5) is 5.69 Å². The first-order valence-corrected chi connectivity index (χ1v) is 7.75. The number of nitriles is 1. The first-order chi connectivity index (χ1) is 11.2. The third-order valence-corrected chi connectivity index (χ3v) is 4.27. The van der Waals surface area contributed by atoms with Gasteiger partial charge < -0.3 is 9.47 Å². The summed E-state index contributed by atoms with van der Waals surface area (Å²) < 4.78 is 11.2. The van der Waals surface area contributed by atoms with E-state index in [-0.39, 0.29) is 5.69 Å². The highest BCUT2D eigenvalue weighted by Crippen LogP contribution is 2.39.